The number of hydrogen-bond donors (Lipinski definition) is 2. The summed E-state index contributed by atoms with van der Waals surface area (Å²) < 4.78 is 0. The van der Waals surface area contributed by atoms with E-state index in [4.69, 9.17) is 5.73 Å². The van der Waals surface area contributed by atoms with Gasteiger partial charge in [-0.2, -0.15) is 0 Å². The van der Waals surface area contributed by atoms with Gasteiger partial charge >= 0.3 is 0 Å². The van der Waals surface area contributed by atoms with Gasteiger partial charge in [-0.15, -0.1) is 0 Å². The van der Waals surface area contributed by atoms with Crippen LogP contribution in [0.1, 0.15) is 19.8 Å². The topological polar surface area (TPSA) is 72.2 Å². The van der Waals surface area contributed by atoms with Crippen LogP contribution >= 0.6 is 0 Å². The van der Waals surface area contributed by atoms with Crippen LogP contribution in [0.5, 0.6) is 0 Å². The summed E-state index contributed by atoms with van der Waals surface area (Å²) in [5.74, 6) is 0.120. The smallest absolute Gasteiger partial charge is 0.143 e. The zero-order valence-electron chi connectivity index (χ0n) is 7.38. The second kappa shape index (κ2) is 6.94. The van der Waals surface area contributed by atoms with Gasteiger partial charge in [0.2, 0.25) is 0 Å². The number of Topliss-reactive ketones (excluding diaryl/α,β-unsaturated/α-hetero) is 1. The van der Waals surface area contributed by atoms with Crippen LogP contribution in [0.4, 0.5) is 0 Å². The lowest BCUT2D eigenvalue weighted by Crippen LogP contribution is -2.26. The highest BCUT2D eigenvalue weighted by atomic mass is 16.1. The normalized spacial score (nSPS) is 12.5. The van der Waals surface area contributed by atoms with E-state index in [9.17, 15) is 9.59 Å². The average molecular weight is 172 g/mol. The Morgan fingerprint density at radius 2 is 2.33 bits per heavy atom. The van der Waals surface area contributed by atoms with Crippen LogP contribution in [-0.4, -0.2) is 31.2 Å². The fraction of sp³-hybridized carbons (Fsp3) is 0.750. The van der Waals surface area contributed by atoms with Gasteiger partial charge in [0.05, 0.1) is 12.6 Å². The second-order valence-corrected chi connectivity index (χ2v) is 2.82. The molecule has 0 radical (unpaired) electrons. The van der Waals surface area contributed by atoms with Crippen LogP contribution in [0.2, 0.25) is 0 Å². The molecule has 0 saturated heterocycles. The molecule has 0 amide bonds. The summed E-state index contributed by atoms with van der Waals surface area (Å²) in [5.41, 5.74) is 5.35. The third-order valence-electron chi connectivity index (χ3n) is 1.44. The predicted molar refractivity (Wildman–Crippen MR) is 46.8 cm³/mol. The molecule has 0 aromatic rings. The Hall–Kier alpha value is -0.740. The molecule has 0 spiro atoms. The highest BCUT2D eigenvalue weighted by Gasteiger charge is 1.98. The zero-order chi connectivity index (χ0) is 9.40. The van der Waals surface area contributed by atoms with Gasteiger partial charge in [-0.3, -0.25) is 4.79 Å². The van der Waals surface area contributed by atoms with Gasteiger partial charge in [0.25, 0.3) is 0 Å². The van der Waals surface area contributed by atoms with Crippen molar-refractivity contribution in [3.63, 3.8) is 0 Å². The fourth-order valence-corrected chi connectivity index (χ4v) is 0.795. The van der Waals surface area contributed by atoms with Gasteiger partial charge in [-0.25, -0.2) is 0 Å². The Balaban J connectivity index is 3.10. The largest absolute Gasteiger partial charge is 0.322 e. The van der Waals surface area contributed by atoms with Crippen molar-refractivity contribution in [3.8, 4) is 0 Å². The Labute approximate surface area is 72.5 Å². The van der Waals surface area contributed by atoms with E-state index in [2.05, 4.69) is 5.32 Å². The maximum atomic E-state index is 10.5. The van der Waals surface area contributed by atoms with Crippen LogP contribution in [0.25, 0.3) is 0 Å². The van der Waals surface area contributed by atoms with Crippen molar-refractivity contribution >= 4 is 12.1 Å². The molecule has 0 aliphatic carbocycles. The summed E-state index contributed by atoms with van der Waals surface area (Å²) in [5, 5.41) is 2.94. The minimum atomic E-state index is -0.357. The lowest BCUT2D eigenvalue weighted by atomic mass is 10.2. The Morgan fingerprint density at radius 3 is 2.83 bits per heavy atom. The standard InChI is InChI=1S/C8H16N2O2/c1-7(12)5-10-4-2-3-8(9)6-11/h6,8,10H,2-5,9H2,1H3. The quantitative estimate of drug-likeness (QED) is 0.400. The van der Waals surface area contributed by atoms with E-state index in [1.807, 2.05) is 0 Å². The van der Waals surface area contributed by atoms with Gasteiger partial charge in [-0.1, -0.05) is 0 Å². The van der Waals surface area contributed by atoms with Crippen molar-refractivity contribution in [2.24, 2.45) is 5.73 Å². The first-order valence-corrected chi connectivity index (χ1v) is 4.08. The van der Waals surface area contributed by atoms with E-state index >= 15 is 0 Å². The average Bonchev–Trinajstić information content (AvgIpc) is 2.03. The maximum Gasteiger partial charge on any atom is 0.143 e. The fourth-order valence-electron chi connectivity index (χ4n) is 0.795. The van der Waals surface area contributed by atoms with E-state index in [1.165, 1.54) is 6.92 Å². The van der Waals surface area contributed by atoms with Gasteiger partial charge < -0.3 is 15.8 Å². The molecule has 0 heterocycles. The van der Waals surface area contributed by atoms with Crippen molar-refractivity contribution in [1.82, 2.24) is 5.32 Å². The van der Waals surface area contributed by atoms with Crippen LogP contribution in [0.15, 0.2) is 0 Å². The molecule has 0 rings (SSSR count). The maximum absolute atomic E-state index is 10.5. The van der Waals surface area contributed by atoms with E-state index in [1.54, 1.807) is 0 Å². The van der Waals surface area contributed by atoms with Crippen LogP contribution in [0.3, 0.4) is 0 Å². The molecular formula is C8H16N2O2. The number of ketones is 1. The van der Waals surface area contributed by atoms with E-state index in [0.29, 0.717) is 13.0 Å². The molecule has 0 saturated carbocycles. The number of hydrogen-bond acceptors (Lipinski definition) is 4. The third kappa shape index (κ3) is 7.37. The Kier molecular flexibility index (Phi) is 6.51. The minimum Gasteiger partial charge on any atom is -0.322 e. The molecule has 0 aliphatic rings. The van der Waals surface area contributed by atoms with Gasteiger partial charge in [-0.05, 0) is 26.3 Å². The lowest BCUT2D eigenvalue weighted by Gasteiger charge is -2.03. The third-order valence-corrected chi connectivity index (χ3v) is 1.44. The van der Waals surface area contributed by atoms with E-state index < -0.39 is 0 Å². The minimum absolute atomic E-state index is 0.120. The highest BCUT2D eigenvalue weighted by molar-refractivity contribution is 5.77. The molecule has 0 aromatic heterocycles. The van der Waals surface area contributed by atoms with E-state index in [0.717, 1.165) is 19.3 Å². The molecule has 0 aromatic carbocycles. The summed E-state index contributed by atoms with van der Waals surface area (Å²) in [4.78, 5) is 20.5. The lowest BCUT2D eigenvalue weighted by molar-refractivity contribution is -0.116. The highest BCUT2D eigenvalue weighted by Crippen LogP contribution is 1.89. The molecule has 4 heteroatoms. The van der Waals surface area contributed by atoms with E-state index in [-0.39, 0.29) is 11.8 Å². The summed E-state index contributed by atoms with van der Waals surface area (Å²) in [6.07, 6.45) is 2.24. The van der Waals surface area contributed by atoms with Gasteiger partial charge in [0.1, 0.15) is 12.1 Å². The molecule has 4 nitrogen and oxygen atoms in total. The number of carbonyl (C=O) groups is 2. The molecule has 70 valence electrons. The first-order valence-electron chi connectivity index (χ1n) is 4.08. The summed E-state index contributed by atoms with van der Waals surface area (Å²) >= 11 is 0. The molecular weight excluding hydrogens is 156 g/mol. The van der Waals surface area contributed by atoms with Crippen LogP contribution < -0.4 is 11.1 Å². The molecule has 12 heavy (non-hydrogen) atoms. The molecule has 1 atom stereocenters. The molecule has 1 unspecified atom stereocenters. The number of rotatable bonds is 7. The van der Waals surface area contributed by atoms with Crippen molar-refractivity contribution in [2.45, 2.75) is 25.8 Å². The van der Waals surface area contributed by atoms with Crippen LogP contribution in [-0.2, 0) is 9.59 Å². The van der Waals surface area contributed by atoms with Crippen molar-refractivity contribution < 1.29 is 9.59 Å². The SMILES string of the molecule is CC(=O)CNCCCC(N)C=O. The molecule has 0 aliphatic heterocycles. The number of nitrogens with one attached hydrogen (secondary N) is 1. The first-order chi connectivity index (χ1) is 5.66. The Bertz CT molecular complexity index is 148. The predicted octanol–water partition coefficient (Wildman–Crippen LogP) is -0.529. The number of carbonyl (C=O) groups excluding carboxylic acids is 2. The van der Waals surface area contributed by atoms with Gasteiger partial charge in [0.15, 0.2) is 0 Å². The molecule has 0 bridgehead atoms. The van der Waals surface area contributed by atoms with Gasteiger partial charge in [0, 0.05) is 0 Å². The zero-order valence-corrected chi connectivity index (χ0v) is 7.38. The Morgan fingerprint density at radius 1 is 1.67 bits per heavy atom. The monoisotopic (exact) mass is 172 g/mol. The first kappa shape index (κ1) is 11.3. The van der Waals surface area contributed by atoms with Crippen molar-refractivity contribution in [2.75, 3.05) is 13.1 Å². The summed E-state index contributed by atoms with van der Waals surface area (Å²) in [6.45, 7) is 2.67. The molecule has 3 N–H and O–H groups in total. The summed E-state index contributed by atoms with van der Waals surface area (Å²) in [7, 11) is 0. The number of aldehydes is 1. The number of nitrogens with two attached hydrogens (primary N) is 1. The van der Waals surface area contributed by atoms with Crippen LogP contribution in [0, 0.1) is 0 Å². The summed E-state index contributed by atoms with van der Waals surface area (Å²) in [6, 6.07) is -0.357. The molecule has 0 fully saturated rings. The van der Waals surface area contributed by atoms with Crippen molar-refractivity contribution in [1.29, 1.82) is 0 Å². The second-order valence-electron chi connectivity index (χ2n) is 2.82. The van der Waals surface area contributed by atoms with Crippen molar-refractivity contribution in [3.05, 3.63) is 0 Å².